The quantitative estimate of drug-likeness (QED) is 0.757. The molecular weight excluding hydrogens is 186 g/mol. The summed E-state index contributed by atoms with van der Waals surface area (Å²) in [5.41, 5.74) is 5.45. The Labute approximate surface area is 94.2 Å². The first-order chi connectivity index (χ1) is 6.87. The van der Waals surface area contributed by atoms with E-state index in [0.717, 1.165) is 25.7 Å². The maximum atomic E-state index is 10.6. The van der Waals surface area contributed by atoms with Gasteiger partial charge in [-0.15, -0.1) is 0 Å². The van der Waals surface area contributed by atoms with Crippen molar-refractivity contribution in [2.75, 3.05) is 0 Å². The second-order valence-corrected chi connectivity index (χ2v) is 5.75. The minimum Gasteiger partial charge on any atom is -0.388 e. The Hall–Kier alpha value is -0.0800. The maximum Gasteiger partial charge on any atom is 0.0821 e. The Balaban J connectivity index is 2.88. The van der Waals surface area contributed by atoms with Crippen molar-refractivity contribution in [3.05, 3.63) is 0 Å². The third-order valence-corrected chi connectivity index (χ3v) is 4.33. The molecule has 0 bridgehead atoms. The van der Waals surface area contributed by atoms with Crippen molar-refractivity contribution in [2.45, 2.75) is 70.9 Å². The fraction of sp³-hybridized carbons (Fsp3) is 1.00. The SMILES string of the molecule is CCC(O)(CC)C1(N)CC(C)CC(C)C1. The first kappa shape index (κ1) is 13.0. The second kappa shape index (κ2) is 4.42. The van der Waals surface area contributed by atoms with Crippen molar-refractivity contribution in [3.8, 4) is 0 Å². The molecule has 0 heterocycles. The zero-order valence-electron chi connectivity index (χ0n) is 10.7. The summed E-state index contributed by atoms with van der Waals surface area (Å²) in [6, 6.07) is 0. The summed E-state index contributed by atoms with van der Waals surface area (Å²) in [7, 11) is 0. The number of hydrogen-bond acceptors (Lipinski definition) is 2. The van der Waals surface area contributed by atoms with Crippen LogP contribution in [-0.4, -0.2) is 16.2 Å². The summed E-state index contributed by atoms with van der Waals surface area (Å²) < 4.78 is 0. The van der Waals surface area contributed by atoms with Crippen LogP contribution in [0.25, 0.3) is 0 Å². The van der Waals surface area contributed by atoms with E-state index in [1.54, 1.807) is 0 Å². The average molecular weight is 213 g/mol. The van der Waals surface area contributed by atoms with Crippen LogP contribution in [0, 0.1) is 11.8 Å². The largest absolute Gasteiger partial charge is 0.388 e. The first-order valence-corrected chi connectivity index (χ1v) is 6.38. The Morgan fingerprint density at radius 3 is 1.93 bits per heavy atom. The Morgan fingerprint density at radius 2 is 1.60 bits per heavy atom. The molecule has 2 nitrogen and oxygen atoms in total. The Kier molecular flexibility index (Phi) is 3.83. The van der Waals surface area contributed by atoms with Gasteiger partial charge in [0, 0.05) is 5.54 Å². The molecule has 1 fully saturated rings. The molecular formula is C13H27NO. The van der Waals surface area contributed by atoms with Gasteiger partial charge in [-0.1, -0.05) is 27.7 Å². The van der Waals surface area contributed by atoms with Gasteiger partial charge in [0.25, 0.3) is 0 Å². The van der Waals surface area contributed by atoms with Gasteiger partial charge in [-0.05, 0) is 43.9 Å². The van der Waals surface area contributed by atoms with Gasteiger partial charge >= 0.3 is 0 Å². The van der Waals surface area contributed by atoms with E-state index in [-0.39, 0.29) is 5.54 Å². The summed E-state index contributed by atoms with van der Waals surface area (Å²) in [6.45, 7) is 8.59. The van der Waals surface area contributed by atoms with E-state index in [1.165, 1.54) is 6.42 Å². The van der Waals surface area contributed by atoms with Crippen molar-refractivity contribution in [2.24, 2.45) is 17.6 Å². The lowest BCUT2D eigenvalue weighted by atomic mass is 9.63. The molecule has 0 aromatic carbocycles. The van der Waals surface area contributed by atoms with Gasteiger partial charge in [0.2, 0.25) is 0 Å². The van der Waals surface area contributed by atoms with E-state index in [4.69, 9.17) is 5.73 Å². The van der Waals surface area contributed by atoms with E-state index in [2.05, 4.69) is 13.8 Å². The fourth-order valence-electron chi connectivity index (χ4n) is 3.51. The molecule has 1 aliphatic carbocycles. The van der Waals surface area contributed by atoms with E-state index < -0.39 is 5.60 Å². The number of aliphatic hydroxyl groups is 1. The predicted molar refractivity (Wildman–Crippen MR) is 64.6 cm³/mol. The van der Waals surface area contributed by atoms with Crippen LogP contribution in [0.4, 0.5) is 0 Å². The minimum absolute atomic E-state index is 0.367. The van der Waals surface area contributed by atoms with Crippen LogP contribution >= 0.6 is 0 Å². The predicted octanol–water partition coefficient (Wildman–Crippen LogP) is 2.69. The van der Waals surface area contributed by atoms with Crippen molar-refractivity contribution in [1.82, 2.24) is 0 Å². The van der Waals surface area contributed by atoms with E-state index in [9.17, 15) is 5.11 Å². The zero-order chi connectivity index (χ0) is 11.7. The Bertz CT molecular complexity index is 201. The molecule has 1 aliphatic rings. The second-order valence-electron chi connectivity index (χ2n) is 5.75. The van der Waals surface area contributed by atoms with Crippen LogP contribution in [0.3, 0.4) is 0 Å². The van der Waals surface area contributed by atoms with Crippen molar-refractivity contribution >= 4 is 0 Å². The van der Waals surface area contributed by atoms with Crippen molar-refractivity contribution in [3.63, 3.8) is 0 Å². The number of rotatable bonds is 3. The molecule has 0 aromatic heterocycles. The molecule has 0 aliphatic heterocycles. The summed E-state index contributed by atoms with van der Waals surface area (Å²) in [6.07, 6.45) is 4.71. The van der Waals surface area contributed by atoms with Crippen LogP contribution < -0.4 is 5.73 Å². The summed E-state index contributed by atoms with van der Waals surface area (Å²) in [5.74, 6) is 1.28. The van der Waals surface area contributed by atoms with Gasteiger partial charge in [0.15, 0.2) is 0 Å². The third kappa shape index (κ3) is 2.36. The molecule has 0 aromatic rings. The molecule has 0 radical (unpaired) electrons. The molecule has 0 amide bonds. The van der Waals surface area contributed by atoms with E-state index in [0.29, 0.717) is 11.8 Å². The lowest BCUT2D eigenvalue weighted by molar-refractivity contribution is -0.0729. The van der Waals surface area contributed by atoms with Crippen LogP contribution in [0.5, 0.6) is 0 Å². The molecule has 2 unspecified atom stereocenters. The van der Waals surface area contributed by atoms with Gasteiger partial charge in [-0.3, -0.25) is 0 Å². The van der Waals surface area contributed by atoms with Crippen LogP contribution in [-0.2, 0) is 0 Å². The number of nitrogens with two attached hydrogens (primary N) is 1. The molecule has 3 N–H and O–H groups in total. The lowest BCUT2D eigenvalue weighted by Gasteiger charge is -2.50. The highest BCUT2D eigenvalue weighted by Crippen LogP contribution is 2.43. The topological polar surface area (TPSA) is 46.2 Å². The van der Waals surface area contributed by atoms with Crippen LogP contribution in [0.2, 0.25) is 0 Å². The lowest BCUT2D eigenvalue weighted by Crippen LogP contribution is -2.63. The third-order valence-electron chi connectivity index (χ3n) is 4.33. The van der Waals surface area contributed by atoms with E-state index in [1.807, 2.05) is 13.8 Å². The highest BCUT2D eigenvalue weighted by molar-refractivity contribution is 5.05. The standard InChI is InChI=1S/C13H27NO/c1-5-13(15,6-2)12(14)8-10(3)7-11(4)9-12/h10-11,15H,5-9,14H2,1-4H3. The van der Waals surface area contributed by atoms with Crippen molar-refractivity contribution in [1.29, 1.82) is 0 Å². The summed E-state index contributed by atoms with van der Waals surface area (Å²) in [5, 5.41) is 10.6. The van der Waals surface area contributed by atoms with Crippen LogP contribution in [0.15, 0.2) is 0 Å². The van der Waals surface area contributed by atoms with Gasteiger partial charge in [0.05, 0.1) is 5.60 Å². The summed E-state index contributed by atoms with van der Waals surface area (Å²) >= 11 is 0. The smallest absolute Gasteiger partial charge is 0.0821 e. The summed E-state index contributed by atoms with van der Waals surface area (Å²) in [4.78, 5) is 0. The zero-order valence-corrected chi connectivity index (χ0v) is 10.7. The van der Waals surface area contributed by atoms with Crippen LogP contribution in [0.1, 0.15) is 59.8 Å². The molecule has 0 saturated heterocycles. The van der Waals surface area contributed by atoms with Gasteiger partial charge in [-0.2, -0.15) is 0 Å². The highest BCUT2D eigenvalue weighted by Gasteiger charge is 2.48. The maximum absolute atomic E-state index is 10.6. The van der Waals surface area contributed by atoms with Crippen molar-refractivity contribution < 1.29 is 5.11 Å². The highest BCUT2D eigenvalue weighted by atomic mass is 16.3. The number of hydrogen-bond donors (Lipinski definition) is 2. The van der Waals surface area contributed by atoms with Gasteiger partial charge in [-0.25, -0.2) is 0 Å². The van der Waals surface area contributed by atoms with E-state index >= 15 is 0 Å². The van der Waals surface area contributed by atoms with Gasteiger partial charge in [0.1, 0.15) is 0 Å². The normalized spacial score (nSPS) is 38.0. The molecule has 90 valence electrons. The average Bonchev–Trinajstić information content (AvgIpc) is 2.14. The molecule has 2 atom stereocenters. The fourth-order valence-corrected chi connectivity index (χ4v) is 3.51. The molecule has 1 saturated carbocycles. The molecule has 15 heavy (non-hydrogen) atoms. The van der Waals surface area contributed by atoms with Gasteiger partial charge < -0.3 is 10.8 Å². The Morgan fingerprint density at radius 1 is 1.20 bits per heavy atom. The molecule has 1 rings (SSSR count). The first-order valence-electron chi connectivity index (χ1n) is 6.38. The monoisotopic (exact) mass is 213 g/mol. The molecule has 2 heteroatoms. The molecule has 0 spiro atoms. The minimum atomic E-state index is -0.671.